The lowest BCUT2D eigenvalue weighted by molar-refractivity contribution is -0.137. The highest BCUT2D eigenvalue weighted by Crippen LogP contribution is 1.99. The molecule has 3 amide bonds. The number of aliphatic carboxylic acids is 1. The van der Waals surface area contributed by atoms with Crippen LogP contribution in [0.1, 0.15) is 58.8 Å². The molecule has 1 aliphatic rings. The Balaban J connectivity index is 0.000000620. The molecule has 1 unspecified atom stereocenters. The molecule has 8 heteroatoms. The molecule has 1 aliphatic heterocycles. The van der Waals surface area contributed by atoms with Crippen molar-refractivity contribution >= 4 is 23.7 Å². The van der Waals surface area contributed by atoms with E-state index < -0.39 is 5.97 Å². The van der Waals surface area contributed by atoms with Gasteiger partial charge in [0.05, 0.1) is 6.10 Å². The van der Waals surface area contributed by atoms with Crippen LogP contribution in [-0.2, 0) is 23.9 Å². The Morgan fingerprint density at radius 2 is 1.88 bits per heavy atom. The minimum absolute atomic E-state index is 0.0451. The maximum atomic E-state index is 11.3. The van der Waals surface area contributed by atoms with Gasteiger partial charge in [-0.3, -0.25) is 24.5 Å². The summed E-state index contributed by atoms with van der Waals surface area (Å²) in [6.07, 6.45) is 3.38. The summed E-state index contributed by atoms with van der Waals surface area (Å²) in [6.45, 7) is 5.35. The van der Waals surface area contributed by atoms with E-state index in [1.807, 2.05) is 6.92 Å². The van der Waals surface area contributed by atoms with E-state index in [4.69, 9.17) is 9.84 Å². The van der Waals surface area contributed by atoms with Crippen LogP contribution in [0.5, 0.6) is 0 Å². The predicted octanol–water partition coefficient (Wildman–Crippen LogP) is 0.986. The van der Waals surface area contributed by atoms with E-state index in [9.17, 15) is 19.2 Å². The number of hydrogen-bond acceptors (Lipinski definition) is 5. The Labute approximate surface area is 142 Å². The van der Waals surface area contributed by atoms with Gasteiger partial charge in [0.2, 0.25) is 17.7 Å². The molecular formula is C16H28N2O6. The standard InChI is InChI=1S/C12H23NO4.C4H5NO2/c1-3-9-17-10(2)7-8-13-11(14)5-4-6-12(15)16;6-3-1-2-4(7)5-3/h10H,3-9H2,1-2H3,(H,13,14)(H,15,16);1-2H2,(H,5,6,7). The average Bonchev–Trinajstić information content (AvgIpc) is 2.88. The number of nitrogens with one attached hydrogen (secondary N) is 2. The monoisotopic (exact) mass is 344 g/mol. The molecule has 0 aliphatic carbocycles. The first-order valence-corrected chi connectivity index (χ1v) is 8.27. The van der Waals surface area contributed by atoms with Gasteiger partial charge in [-0.1, -0.05) is 6.92 Å². The third-order valence-corrected chi connectivity index (χ3v) is 3.13. The topological polar surface area (TPSA) is 122 Å². The van der Waals surface area contributed by atoms with Crippen LogP contribution < -0.4 is 10.6 Å². The number of carboxylic acid groups (broad SMARTS) is 1. The molecule has 0 aromatic heterocycles. The van der Waals surface area contributed by atoms with E-state index in [-0.39, 0.29) is 36.7 Å². The minimum Gasteiger partial charge on any atom is -0.481 e. The van der Waals surface area contributed by atoms with Crippen LogP contribution in [0.15, 0.2) is 0 Å². The summed E-state index contributed by atoms with van der Waals surface area (Å²) < 4.78 is 5.46. The summed E-state index contributed by atoms with van der Waals surface area (Å²) in [4.78, 5) is 41.8. The fourth-order valence-corrected chi connectivity index (χ4v) is 1.81. The lowest BCUT2D eigenvalue weighted by Gasteiger charge is -2.12. The molecule has 1 atom stereocenters. The smallest absolute Gasteiger partial charge is 0.303 e. The van der Waals surface area contributed by atoms with Crippen LogP contribution in [-0.4, -0.2) is 48.1 Å². The van der Waals surface area contributed by atoms with Crippen LogP contribution in [0.4, 0.5) is 0 Å². The van der Waals surface area contributed by atoms with Crippen molar-refractivity contribution in [2.75, 3.05) is 13.2 Å². The molecule has 8 nitrogen and oxygen atoms in total. The molecule has 3 N–H and O–H groups in total. The van der Waals surface area contributed by atoms with Gasteiger partial charge < -0.3 is 15.2 Å². The van der Waals surface area contributed by atoms with Gasteiger partial charge in [0.1, 0.15) is 0 Å². The molecule has 1 fully saturated rings. The van der Waals surface area contributed by atoms with Crippen LogP contribution in [0, 0.1) is 0 Å². The van der Waals surface area contributed by atoms with Crippen molar-refractivity contribution in [1.82, 2.24) is 10.6 Å². The summed E-state index contributed by atoms with van der Waals surface area (Å²) in [5.74, 6) is -1.25. The second kappa shape index (κ2) is 13.5. The highest BCUT2D eigenvalue weighted by Gasteiger charge is 2.15. The molecule has 0 saturated carbocycles. The molecule has 1 saturated heterocycles. The first kappa shape index (κ1) is 22.0. The van der Waals surface area contributed by atoms with Crippen LogP contribution >= 0.6 is 0 Å². The highest BCUT2D eigenvalue weighted by molar-refractivity contribution is 6.01. The number of imide groups is 1. The summed E-state index contributed by atoms with van der Waals surface area (Å²) in [7, 11) is 0. The van der Waals surface area contributed by atoms with Gasteiger partial charge in [0.25, 0.3) is 0 Å². The van der Waals surface area contributed by atoms with Crippen LogP contribution in [0.25, 0.3) is 0 Å². The maximum absolute atomic E-state index is 11.3. The van der Waals surface area contributed by atoms with E-state index in [1.54, 1.807) is 0 Å². The third kappa shape index (κ3) is 13.7. The van der Waals surface area contributed by atoms with Gasteiger partial charge in [0.15, 0.2) is 0 Å². The summed E-state index contributed by atoms with van der Waals surface area (Å²) in [5, 5.41) is 13.3. The molecule has 0 radical (unpaired) electrons. The van der Waals surface area contributed by atoms with Crippen molar-refractivity contribution in [3.8, 4) is 0 Å². The molecule has 0 spiro atoms. The molecule has 1 rings (SSSR count). The third-order valence-electron chi connectivity index (χ3n) is 3.13. The van der Waals surface area contributed by atoms with Gasteiger partial charge in [-0.2, -0.15) is 0 Å². The Bertz CT molecular complexity index is 411. The second-order valence-electron chi connectivity index (χ2n) is 5.54. The largest absolute Gasteiger partial charge is 0.481 e. The van der Waals surface area contributed by atoms with Gasteiger partial charge >= 0.3 is 5.97 Å². The van der Waals surface area contributed by atoms with Crippen molar-refractivity contribution < 1.29 is 29.0 Å². The maximum Gasteiger partial charge on any atom is 0.303 e. The fourth-order valence-electron chi connectivity index (χ4n) is 1.81. The number of carbonyl (C=O) groups is 4. The van der Waals surface area contributed by atoms with Crippen molar-refractivity contribution in [3.05, 3.63) is 0 Å². The Morgan fingerprint density at radius 1 is 1.25 bits per heavy atom. The number of rotatable bonds is 10. The Kier molecular flexibility index (Phi) is 12.4. The van der Waals surface area contributed by atoms with Crippen molar-refractivity contribution in [2.45, 2.75) is 64.9 Å². The lowest BCUT2D eigenvalue weighted by Crippen LogP contribution is -2.27. The van der Waals surface area contributed by atoms with E-state index in [2.05, 4.69) is 17.6 Å². The molecule has 1 heterocycles. The Morgan fingerprint density at radius 3 is 2.33 bits per heavy atom. The number of ether oxygens (including phenoxy) is 1. The molecular weight excluding hydrogens is 316 g/mol. The zero-order valence-electron chi connectivity index (χ0n) is 14.4. The van der Waals surface area contributed by atoms with Crippen molar-refractivity contribution in [1.29, 1.82) is 0 Å². The highest BCUT2D eigenvalue weighted by atomic mass is 16.5. The number of hydrogen-bond donors (Lipinski definition) is 3. The lowest BCUT2D eigenvalue weighted by atomic mass is 10.2. The van der Waals surface area contributed by atoms with Crippen LogP contribution in [0.3, 0.4) is 0 Å². The normalized spacial score (nSPS) is 14.4. The zero-order chi connectivity index (χ0) is 18.4. The van der Waals surface area contributed by atoms with Crippen molar-refractivity contribution in [2.24, 2.45) is 0 Å². The van der Waals surface area contributed by atoms with Gasteiger partial charge in [-0.15, -0.1) is 0 Å². The first-order chi connectivity index (χ1) is 11.3. The van der Waals surface area contributed by atoms with Gasteiger partial charge in [0, 0.05) is 38.8 Å². The number of carboxylic acids is 1. The van der Waals surface area contributed by atoms with E-state index in [1.165, 1.54) is 0 Å². The SMILES string of the molecule is CCCOC(C)CCNC(=O)CCCC(=O)O.O=C1CCC(=O)N1. The van der Waals surface area contributed by atoms with Crippen molar-refractivity contribution in [3.63, 3.8) is 0 Å². The average molecular weight is 344 g/mol. The van der Waals surface area contributed by atoms with Crippen LogP contribution in [0.2, 0.25) is 0 Å². The summed E-state index contributed by atoms with van der Waals surface area (Å²) >= 11 is 0. The van der Waals surface area contributed by atoms with Gasteiger partial charge in [-0.25, -0.2) is 0 Å². The molecule has 0 bridgehead atoms. The molecule has 24 heavy (non-hydrogen) atoms. The quantitative estimate of drug-likeness (QED) is 0.508. The Hall–Kier alpha value is -1.96. The molecule has 0 aromatic rings. The zero-order valence-corrected chi connectivity index (χ0v) is 14.4. The number of amides is 3. The van der Waals surface area contributed by atoms with E-state index in [0.717, 1.165) is 19.4 Å². The predicted molar refractivity (Wildman–Crippen MR) is 87.2 cm³/mol. The number of carbonyl (C=O) groups excluding carboxylic acids is 3. The molecule has 138 valence electrons. The minimum atomic E-state index is -0.862. The molecule has 0 aromatic carbocycles. The summed E-state index contributed by atoms with van der Waals surface area (Å²) in [6, 6.07) is 0. The fraction of sp³-hybridized carbons (Fsp3) is 0.750. The van der Waals surface area contributed by atoms with Gasteiger partial charge in [-0.05, 0) is 26.2 Å². The van der Waals surface area contributed by atoms with E-state index in [0.29, 0.717) is 25.8 Å². The second-order valence-corrected chi connectivity index (χ2v) is 5.54. The summed E-state index contributed by atoms with van der Waals surface area (Å²) in [5.41, 5.74) is 0. The van der Waals surface area contributed by atoms with E-state index >= 15 is 0 Å². The first-order valence-electron chi connectivity index (χ1n) is 8.27.